The van der Waals surface area contributed by atoms with Gasteiger partial charge in [-0.15, -0.1) is 16.4 Å². The Bertz CT molecular complexity index is 3160. The summed E-state index contributed by atoms with van der Waals surface area (Å²) in [6.45, 7) is 9.22. The van der Waals surface area contributed by atoms with E-state index in [0.29, 0.717) is 124 Å². The van der Waals surface area contributed by atoms with Gasteiger partial charge in [-0.25, -0.2) is 28.2 Å². The van der Waals surface area contributed by atoms with Crippen LogP contribution in [0.2, 0.25) is 5.02 Å². The van der Waals surface area contributed by atoms with Crippen molar-refractivity contribution < 1.29 is 56.4 Å². The Hall–Kier alpha value is -7.39. The van der Waals surface area contributed by atoms with Gasteiger partial charge in [-0.3, -0.25) is 19.7 Å². The lowest BCUT2D eigenvalue weighted by Crippen LogP contribution is -2.47. The topological polar surface area (TPSA) is 229 Å². The number of nitrogens with one attached hydrogen (secondary N) is 3. The van der Waals surface area contributed by atoms with Crippen molar-refractivity contribution in [2.24, 2.45) is 5.92 Å². The van der Waals surface area contributed by atoms with Gasteiger partial charge in [0, 0.05) is 106 Å². The molecule has 4 heterocycles. The lowest BCUT2D eigenvalue weighted by molar-refractivity contribution is -0.142. The zero-order chi connectivity index (χ0) is 63.5. The number of carbonyl (C=O) groups excluding carboxylic acids is 4. The smallest absolute Gasteiger partial charge is 0.325 e. The Labute approximate surface area is 533 Å². The van der Waals surface area contributed by atoms with Gasteiger partial charge in [0.2, 0.25) is 29.5 Å². The SMILES string of the molecule is COc1ncccc1C(C(=O)NCc1ccc(Cl)cc1)N(CC1CCC(F)(F)C1)C(=O)CCc1ccc(OCCCCN(C)CCOCCOCCc2cn(CCOCCOc3ccc(NC(=O)Nc4nc(CC(=O)N5CCN(C)CC5)cs4)cc3)nn2)cc1. The van der Waals surface area contributed by atoms with Gasteiger partial charge < -0.3 is 58.7 Å². The molecule has 2 aliphatic rings. The number of thiazole rings is 1. The van der Waals surface area contributed by atoms with Crippen LogP contribution in [0.1, 0.15) is 72.6 Å². The molecule has 2 unspecified atom stereocenters. The molecule has 2 atom stereocenters. The molecule has 486 valence electrons. The third-order valence-electron chi connectivity index (χ3n) is 15.4. The van der Waals surface area contributed by atoms with Crippen molar-refractivity contribution in [3.63, 3.8) is 0 Å². The van der Waals surface area contributed by atoms with Crippen LogP contribution < -0.4 is 30.2 Å². The molecular weight excluding hydrogens is 1200 g/mol. The fourth-order valence-electron chi connectivity index (χ4n) is 10.3. The van der Waals surface area contributed by atoms with Crippen molar-refractivity contribution in [2.75, 3.05) is 131 Å². The average molecular weight is 1290 g/mol. The van der Waals surface area contributed by atoms with E-state index in [0.717, 1.165) is 55.8 Å². The van der Waals surface area contributed by atoms with E-state index in [9.17, 15) is 28.0 Å². The number of hydrogen-bond acceptors (Lipinski definition) is 17. The van der Waals surface area contributed by atoms with E-state index in [1.165, 1.54) is 29.5 Å². The molecular formula is C64H83ClF2N12O10S. The predicted octanol–water partition coefficient (Wildman–Crippen LogP) is 8.47. The van der Waals surface area contributed by atoms with Crippen molar-refractivity contribution in [1.82, 2.24) is 49.9 Å². The molecule has 1 saturated heterocycles. The highest BCUT2D eigenvalue weighted by atomic mass is 35.5. The van der Waals surface area contributed by atoms with Crippen molar-refractivity contribution in [1.29, 1.82) is 0 Å². The summed E-state index contributed by atoms with van der Waals surface area (Å²) in [5.41, 5.74) is 4.09. The van der Waals surface area contributed by atoms with Crippen LogP contribution in [0.3, 0.4) is 0 Å². The number of nitrogens with zero attached hydrogens (tertiary/aromatic N) is 9. The molecule has 0 bridgehead atoms. The number of unbranched alkanes of at least 4 members (excludes halogenated alkanes) is 1. The van der Waals surface area contributed by atoms with Gasteiger partial charge in [-0.05, 0) is 124 Å². The zero-order valence-electron chi connectivity index (χ0n) is 51.5. The third kappa shape index (κ3) is 23.1. The number of amides is 5. The first-order valence-electron chi connectivity index (χ1n) is 30.6. The van der Waals surface area contributed by atoms with Gasteiger partial charge in [0.1, 0.15) is 24.1 Å². The molecule has 1 aliphatic heterocycles. The quantitative estimate of drug-likeness (QED) is 0.0311. The van der Waals surface area contributed by atoms with E-state index in [2.05, 4.69) is 53.1 Å². The van der Waals surface area contributed by atoms with Crippen LogP contribution in [0.25, 0.3) is 0 Å². The Morgan fingerprint density at radius 2 is 1.51 bits per heavy atom. The number of pyridine rings is 1. The van der Waals surface area contributed by atoms with Gasteiger partial charge in [-0.1, -0.05) is 41.1 Å². The number of methoxy groups -OCH3 is 1. The fourth-order valence-corrected chi connectivity index (χ4v) is 11.1. The standard InChI is InChI=1S/C64H83ClF2N12O10S/c1-75(26-4-5-33-88-54-17-10-47(11-18-54)12-21-57(80)79(44-49-22-24-64(66,67)42-49)59(56-7-6-25-68-61(56)84-3)60(82)69-43-48-8-13-50(65)14-9-48)31-35-86-38-37-85-34-23-52-45-78(74-73-52)32-36-87-39-40-89-55-19-15-51(16-20-55)70-62(83)72-63-71-53(46-90-63)41-58(81)77-29-27-76(2)28-30-77/h6-11,13-20,25,45-46,49,59H,4-5,12,21-24,26-44H2,1-3H3,(H,69,82)(H2,70,71,72,83). The minimum absolute atomic E-state index is 0.0256. The van der Waals surface area contributed by atoms with E-state index < -0.39 is 29.8 Å². The van der Waals surface area contributed by atoms with E-state index >= 15 is 0 Å². The molecule has 3 aromatic carbocycles. The summed E-state index contributed by atoms with van der Waals surface area (Å²) in [5.74, 6) is -2.61. The van der Waals surface area contributed by atoms with Gasteiger partial charge in [0.05, 0.1) is 77.7 Å². The molecule has 5 amide bonds. The number of piperazine rings is 1. The maximum absolute atomic E-state index is 14.5. The second-order valence-electron chi connectivity index (χ2n) is 22.4. The average Bonchev–Trinajstić information content (AvgIpc) is 1.67. The van der Waals surface area contributed by atoms with E-state index in [-0.39, 0.29) is 62.9 Å². The van der Waals surface area contributed by atoms with Crippen LogP contribution >= 0.6 is 22.9 Å². The van der Waals surface area contributed by atoms with Crippen LogP contribution in [0, 0.1) is 5.92 Å². The first kappa shape index (κ1) is 68.5. The Morgan fingerprint density at radius 1 is 0.800 bits per heavy atom. The summed E-state index contributed by atoms with van der Waals surface area (Å²) >= 11 is 7.36. The molecule has 1 saturated carbocycles. The van der Waals surface area contributed by atoms with Crippen LogP contribution in [0.4, 0.5) is 24.4 Å². The number of urea groups is 1. The van der Waals surface area contributed by atoms with Crippen LogP contribution in [0.5, 0.6) is 17.4 Å². The minimum Gasteiger partial charge on any atom is -0.494 e. The number of anilines is 2. The molecule has 6 aromatic rings. The van der Waals surface area contributed by atoms with Crippen LogP contribution in [-0.2, 0) is 60.9 Å². The van der Waals surface area contributed by atoms with Crippen LogP contribution in [-0.4, -0.2) is 194 Å². The summed E-state index contributed by atoms with van der Waals surface area (Å²) in [5, 5.41) is 19.7. The molecule has 8 rings (SSSR count). The van der Waals surface area contributed by atoms with E-state index in [1.54, 1.807) is 70.7 Å². The molecule has 22 nitrogen and oxygen atoms in total. The highest BCUT2D eigenvalue weighted by Crippen LogP contribution is 2.41. The summed E-state index contributed by atoms with van der Waals surface area (Å²) in [7, 11) is 5.54. The molecule has 1 aliphatic carbocycles. The number of aryl methyl sites for hydroxylation is 1. The number of halogens is 3. The summed E-state index contributed by atoms with van der Waals surface area (Å²) in [4.78, 5) is 70.2. The highest BCUT2D eigenvalue weighted by Gasteiger charge is 2.43. The Balaban J connectivity index is 0.628. The number of alkyl halides is 2. The number of aromatic nitrogens is 5. The Kier molecular flexibility index (Phi) is 27.3. The number of ether oxygens (including phenoxy) is 6. The van der Waals surface area contributed by atoms with Crippen molar-refractivity contribution in [3.05, 3.63) is 136 Å². The summed E-state index contributed by atoms with van der Waals surface area (Å²) in [6.07, 6.45) is 6.04. The zero-order valence-corrected chi connectivity index (χ0v) is 53.1. The van der Waals surface area contributed by atoms with Crippen molar-refractivity contribution in [3.8, 4) is 17.4 Å². The Morgan fingerprint density at radius 3 is 2.26 bits per heavy atom. The molecule has 90 heavy (non-hydrogen) atoms. The second kappa shape index (κ2) is 35.9. The molecule has 2 fully saturated rings. The fraction of sp³-hybridized carbons (Fsp3) is 0.500. The molecule has 3 aromatic heterocycles. The summed E-state index contributed by atoms with van der Waals surface area (Å²) in [6, 6.07) is 23.3. The predicted molar refractivity (Wildman–Crippen MR) is 338 cm³/mol. The lowest BCUT2D eigenvalue weighted by Gasteiger charge is -2.34. The molecule has 0 spiro atoms. The third-order valence-corrected chi connectivity index (χ3v) is 16.4. The number of benzene rings is 3. The number of likely N-dealkylation sites (N-methyl/N-ethyl adjacent to an activating group) is 2. The number of carbonyl (C=O) groups is 4. The van der Waals surface area contributed by atoms with Gasteiger partial charge in [0.25, 0.3) is 0 Å². The number of hydrogen-bond donors (Lipinski definition) is 3. The monoisotopic (exact) mass is 1280 g/mol. The van der Waals surface area contributed by atoms with Gasteiger partial charge >= 0.3 is 6.03 Å². The second-order valence-corrected chi connectivity index (χ2v) is 23.7. The first-order valence-corrected chi connectivity index (χ1v) is 31.8. The van der Waals surface area contributed by atoms with Crippen LogP contribution in [0.15, 0.2) is 103 Å². The maximum Gasteiger partial charge on any atom is 0.325 e. The summed E-state index contributed by atoms with van der Waals surface area (Å²) < 4.78 is 65.5. The first-order chi connectivity index (χ1) is 43.6. The van der Waals surface area contributed by atoms with Crippen molar-refractivity contribution >= 4 is 57.5 Å². The van der Waals surface area contributed by atoms with E-state index in [4.69, 9.17) is 40.0 Å². The minimum atomic E-state index is -2.83. The van der Waals surface area contributed by atoms with Crippen molar-refractivity contribution in [2.45, 2.75) is 82.8 Å². The highest BCUT2D eigenvalue weighted by molar-refractivity contribution is 7.14. The van der Waals surface area contributed by atoms with Gasteiger partial charge in [-0.2, -0.15) is 0 Å². The maximum atomic E-state index is 14.5. The number of rotatable bonds is 37. The molecule has 3 N–H and O–H groups in total. The largest absolute Gasteiger partial charge is 0.494 e. The van der Waals surface area contributed by atoms with E-state index in [1.807, 2.05) is 42.4 Å². The lowest BCUT2D eigenvalue weighted by atomic mass is 9.99. The normalized spacial score (nSPS) is 15.1. The molecule has 0 radical (unpaired) electrons. The van der Waals surface area contributed by atoms with Gasteiger partial charge in [0.15, 0.2) is 5.13 Å². The molecule has 26 heteroatoms.